The first kappa shape index (κ1) is 24.0. The van der Waals surface area contributed by atoms with Gasteiger partial charge in [-0.05, 0) is 56.5 Å². The summed E-state index contributed by atoms with van der Waals surface area (Å²) >= 11 is 6.08. The van der Waals surface area contributed by atoms with E-state index in [-0.39, 0.29) is 35.6 Å². The van der Waals surface area contributed by atoms with E-state index in [2.05, 4.69) is 15.0 Å². The summed E-state index contributed by atoms with van der Waals surface area (Å²) in [6.45, 7) is 4.94. The molecule has 0 aliphatic carbocycles. The van der Waals surface area contributed by atoms with Crippen LogP contribution in [0.25, 0.3) is 11.2 Å². The average Bonchev–Trinajstić information content (AvgIpc) is 3.49. The van der Waals surface area contributed by atoms with Crippen molar-refractivity contribution >= 4 is 44.4 Å². The molecule has 35 heavy (non-hydrogen) atoms. The minimum absolute atomic E-state index is 0.0267. The highest BCUT2D eigenvalue weighted by Gasteiger charge is 2.45. The van der Waals surface area contributed by atoms with Gasteiger partial charge in [-0.3, -0.25) is 9.52 Å². The van der Waals surface area contributed by atoms with E-state index in [1.54, 1.807) is 31.3 Å². The number of amides is 1. The minimum Gasteiger partial charge on any atom is -0.344 e. The maximum absolute atomic E-state index is 12.7. The maximum atomic E-state index is 12.7. The van der Waals surface area contributed by atoms with Gasteiger partial charge in [0.1, 0.15) is 5.52 Å². The number of aromatic nitrogens is 3. The fraction of sp³-hybridized carbons (Fsp3) is 0.458. The van der Waals surface area contributed by atoms with Crippen molar-refractivity contribution in [3.8, 4) is 0 Å². The van der Waals surface area contributed by atoms with E-state index in [0.29, 0.717) is 28.4 Å². The molecule has 2 saturated heterocycles. The number of piperidine rings is 1. The molecule has 0 radical (unpaired) electrons. The number of nitrogens with zero attached hydrogens (tertiary/aromatic N) is 4. The van der Waals surface area contributed by atoms with Gasteiger partial charge >= 0.3 is 0 Å². The van der Waals surface area contributed by atoms with Crippen molar-refractivity contribution in [1.82, 2.24) is 24.8 Å². The van der Waals surface area contributed by atoms with Gasteiger partial charge in [0.2, 0.25) is 15.9 Å². The molecule has 11 heteroatoms. The van der Waals surface area contributed by atoms with Crippen LogP contribution in [0.3, 0.4) is 0 Å². The Morgan fingerprint density at radius 2 is 2.03 bits per heavy atom. The predicted octanol–water partition coefficient (Wildman–Crippen LogP) is 2.99. The largest absolute Gasteiger partial charge is 0.344 e. The summed E-state index contributed by atoms with van der Waals surface area (Å²) in [5, 5.41) is 3.99. The summed E-state index contributed by atoms with van der Waals surface area (Å²) in [4.78, 5) is 24.0. The van der Waals surface area contributed by atoms with E-state index >= 15 is 0 Å². The Morgan fingerprint density at radius 1 is 1.29 bits per heavy atom. The van der Waals surface area contributed by atoms with Crippen molar-refractivity contribution < 1.29 is 13.2 Å². The third-order valence-electron chi connectivity index (χ3n) is 7.24. The van der Waals surface area contributed by atoms with Gasteiger partial charge in [-0.1, -0.05) is 23.7 Å². The number of benzene rings is 1. The molecule has 4 atom stereocenters. The number of sulfonamides is 1. The molecule has 186 valence electrons. The van der Waals surface area contributed by atoms with Gasteiger partial charge in [-0.15, -0.1) is 0 Å². The van der Waals surface area contributed by atoms with E-state index < -0.39 is 10.0 Å². The van der Waals surface area contributed by atoms with Gasteiger partial charge in [-0.2, -0.15) is 0 Å². The van der Waals surface area contributed by atoms with Gasteiger partial charge in [0.05, 0.1) is 35.5 Å². The summed E-state index contributed by atoms with van der Waals surface area (Å²) in [5.41, 5.74) is 3.29. The highest BCUT2D eigenvalue weighted by molar-refractivity contribution is 7.92. The molecule has 1 amide bonds. The van der Waals surface area contributed by atoms with E-state index in [1.807, 2.05) is 35.8 Å². The van der Waals surface area contributed by atoms with Crippen molar-refractivity contribution in [2.75, 3.05) is 30.6 Å². The Kier molecular flexibility index (Phi) is 6.23. The predicted molar refractivity (Wildman–Crippen MR) is 136 cm³/mol. The number of carbonyl (C=O) groups excluding carboxylic acids is 1. The molecule has 9 nitrogen and oxygen atoms in total. The average molecular weight is 517 g/mol. The summed E-state index contributed by atoms with van der Waals surface area (Å²) in [5.74, 6) is 0.118. The zero-order valence-corrected chi connectivity index (χ0v) is 21.5. The number of pyridine rings is 1. The first-order valence-corrected chi connectivity index (χ1v) is 13.8. The Labute approximate surface area is 209 Å². The molecule has 0 spiro atoms. The van der Waals surface area contributed by atoms with Crippen LogP contribution < -0.4 is 10.0 Å². The monoisotopic (exact) mass is 516 g/mol. The number of imidazole rings is 1. The van der Waals surface area contributed by atoms with Crippen LogP contribution in [0, 0.1) is 5.92 Å². The van der Waals surface area contributed by atoms with Crippen LogP contribution in [0.2, 0.25) is 5.02 Å². The highest BCUT2D eigenvalue weighted by atomic mass is 35.5. The molecule has 1 aromatic carbocycles. The Bertz CT molecular complexity index is 1370. The number of fused-ring (bicyclic) bond motifs is 2. The zero-order valence-electron chi connectivity index (χ0n) is 19.9. The smallest absolute Gasteiger partial charge is 0.239 e. The van der Waals surface area contributed by atoms with Crippen molar-refractivity contribution in [2.45, 2.75) is 38.3 Å². The van der Waals surface area contributed by atoms with Crippen molar-refractivity contribution in [2.24, 2.45) is 5.92 Å². The number of anilines is 1. The summed E-state index contributed by atoms with van der Waals surface area (Å²) < 4.78 is 29.7. The van der Waals surface area contributed by atoms with E-state index in [1.165, 1.54) is 0 Å². The standard InChI is InChI=1S/C24H29ClN6O3S/c1-4-35(33,34)29-20-11-19(18-12-30(3)24(32)21-17(18)9-10-26-21)28-23-22(20)27-13-31(23)14(2)15-5-7-16(25)8-6-15/h5-8,11,13-14,17-18,21,26H,4,9-10,12H2,1-3H3,(H,28,29). The lowest BCUT2D eigenvalue weighted by atomic mass is 9.80. The van der Waals surface area contributed by atoms with Gasteiger partial charge in [-0.25, -0.2) is 18.4 Å². The molecule has 3 aromatic rings. The lowest BCUT2D eigenvalue weighted by Gasteiger charge is -2.38. The number of hydrogen-bond acceptors (Lipinski definition) is 6. The van der Waals surface area contributed by atoms with Crippen molar-refractivity contribution in [3.63, 3.8) is 0 Å². The van der Waals surface area contributed by atoms with Gasteiger partial charge in [0, 0.05) is 24.5 Å². The fourth-order valence-corrected chi connectivity index (χ4v) is 5.98. The van der Waals surface area contributed by atoms with Crippen molar-refractivity contribution in [3.05, 3.63) is 52.9 Å². The lowest BCUT2D eigenvalue weighted by molar-refractivity contribution is -0.136. The molecular weight excluding hydrogens is 488 g/mol. The quantitative estimate of drug-likeness (QED) is 0.521. The number of carbonyl (C=O) groups is 1. The molecule has 0 bridgehead atoms. The molecule has 2 aliphatic heterocycles. The van der Waals surface area contributed by atoms with Crippen LogP contribution in [0.5, 0.6) is 0 Å². The third-order valence-corrected chi connectivity index (χ3v) is 8.79. The number of halogens is 1. The number of nitrogens with one attached hydrogen (secondary N) is 2. The SMILES string of the molecule is CCS(=O)(=O)Nc1cc(C2CN(C)C(=O)C3NCCC32)nc2c1ncn2C(C)c1ccc(Cl)cc1. The van der Waals surface area contributed by atoms with Gasteiger partial charge < -0.3 is 14.8 Å². The Balaban J connectivity index is 1.64. The molecule has 5 rings (SSSR count). The lowest BCUT2D eigenvalue weighted by Crippen LogP contribution is -2.53. The minimum atomic E-state index is -3.54. The first-order chi connectivity index (χ1) is 16.7. The third kappa shape index (κ3) is 4.39. The summed E-state index contributed by atoms with van der Waals surface area (Å²) in [6.07, 6.45) is 2.56. The molecular formula is C24H29ClN6O3S. The number of rotatable bonds is 6. The second kappa shape index (κ2) is 9.07. The van der Waals surface area contributed by atoms with Crippen LogP contribution in [-0.2, 0) is 14.8 Å². The molecule has 2 fully saturated rings. The Hall–Kier alpha value is -2.69. The van der Waals surface area contributed by atoms with Crippen molar-refractivity contribution in [1.29, 1.82) is 0 Å². The van der Waals surface area contributed by atoms with E-state index in [0.717, 1.165) is 24.2 Å². The summed E-state index contributed by atoms with van der Waals surface area (Å²) in [7, 11) is -1.73. The molecule has 4 unspecified atom stereocenters. The molecule has 2 aliphatic rings. The molecule has 4 heterocycles. The number of likely N-dealkylation sites (tertiary alicyclic amines) is 1. The van der Waals surface area contributed by atoms with Gasteiger partial charge in [0.25, 0.3) is 0 Å². The summed E-state index contributed by atoms with van der Waals surface area (Å²) in [6, 6.07) is 9.04. The van der Waals surface area contributed by atoms with Crippen LogP contribution in [0.1, 0.15) is 43.5 Å². The fourth-order valence-electron chi connectivity index (χ4n) is 5.22. The topological polar surface area (TPSA) is 109 Å². The Morgan fingerprint density at radius 3 is 2.74 bits per heavy atom. The van der Waals surface area contributed by atoms with Crippen LogP contribution in [-0.4, -0.2) is 65.7 Å². The highest BCUT2D eigenvalue weighted by Crippen LogP contribution is 2.39. The maximum Gasteiger partial charge on any atom is 0.239 e. The normalized spacial score (nSPS) is 23.5. The second-order valence-electron chi connectivity index (χ2n) is 9.36. The van der Waals surface area contributed by atoms with Crippen LogP contribution in [0.15, 0.2) is 36.7 Å². The van der Waals surface area contributed by atoms with Crippen LogP contribution in [0.4, 0.5) is 5.69 Å². The zero-order chi connectivity index (χ0) is 24.9. The number of likely N-dealkylation sites (N-methyl/N-ethyl adjacent to an activating group) is 1. The van der Waals surface area contributed by atoms with E-state index in [4.69, 9.17) is 16.6 Å². The second-order valence-corrected chi connectivity index (χ2v) is 11.8. The molecule has 2 aromatic heterocycles. The molecule has 0 saturated carbocycles. The van der Waals surface area contributed by atoms with E-state index in [9.17, 15) is 13.2 Å². The number of hydrogen-bond donors (Lipinski definition) is 2. The van der Waals surface area contributed by atoms with Gasteiger partial charge in [0.15, 0.2) is 5.65 Å². The first-order valence-electron chi connectivity index (χ1n) is 11.8. The molecule has 2 N–H and O–H groups in total. The van der Waals surface area contributed by atoms with Crippen LogP contribution >= 0.6 is 11.6 Å².